The molecule has 1 saturated heterocycles. The van der Waals surface area contributed by atoms with Crippen molar-refractivity contribution >= 4 is 11.8 Å². The van der Waals surface area contributed by atoms with Crippen LogP contribution in [-0.2, 0) is 6.54 Å². The van der Waals surface area contributed by atoms with Crippen molar-refractivity contribution in [1.29, 1.82) is 0 Å². The summed E-state index contributed by atoms with van der Waals surface area (Å²) in [6, 6.07) is 13.9. The molecule has 2 N–H and O–H groups in total. The first-order valence-electron chi connectivity index (χ1n) is 9.76. The van der Waals surface area contributed by atoms with Crippen LogP contribution >= 0.6 is 0 Å². The van der Waals surface area contributed by atoms with Crippen molar-refractivity contribution in [3.05, 3.63) is 54.2 Å². The summed E-state index contributed by atoms with van der Waals surface area (Å²) in [5, 5.41) is 6.67. The molecule has 1 aliphatic rings. The Bertz CT molecular complexity index is 744. The Balaban J connectivity index is 1.47. The highest BCUT2D eigenvalue weighted by molar-refractivity contribution is 5.79. The lowest BCUT2D eigenvalue weighted by Gasteiger charge is -2.34. The lowest BCUT2D eigenvalue weighted by molar-refractivity contribution is 0.312. The number of pyridine rings is 1. The maximum absolute atomic E-state index is 5.70. The number of nitrogens with one attached hydrogen (secondary N) is 2. The number of anilines is 1. The number of guanidine groups is 1. The Morgan fingerprint density at radius 1 is 1.07 bits per heavy atom. The van der Waals surface area contributed by atoms with Gasteiger partial charge in [0.25, 0.3) is 0 Å². The fourth-order valence-corrected chi connectivity index (χ4v) is 3.13. The van der Waals surface area contributed by atoms with Gasteiger partial charge in [-0.15, -0.1) is 0 Å². The Hall–Kier alpha value is -2.80. The number of hydrogen-bond acceptors (Lipinski definition) is 5. The van der Waals surface area contributed by atoms with Gasteiger partial charge < -0.3 is 25.2 Å². The largest absolute Gasteiger partial charge is 0.492 e. The summed E-state index contributed by atoms with van der Waals surface area (Å²) in [4.78, 5) is 13.6. The van der Waals surface area contributed by atoms with Crippen molar-refractivity contribution in [3.8, 4) is 5.75 Å². The van der Waals surface area contributed by atoms with Gasteiger partial charge >= 0.3 is 0 Å². The SMILES string of the molecule is CN=C(NCCOc1ccccc1)NCc1cccnc1N1CCN(C)CC1. The van der Waals surface area contributed by atoms with Crippen molar-refractivity contribution in [3.63, 3.8) is 0 Å². The number of aliphatic imine (C=N–C) groups is 1. The minimum Gasteiger partial charge on any atom is -0.492 e. The molecule has 0 saturated carbocycles. The van der Waals surface area contributed by atoms with Crippen LogP contribution in [0.2, 0.25) is 0 Å². The number of ether oxygens (including phenoxy) is 1. The highest BCUT2D eigenvalue weighted by atomic mass is 16.5. The predicted octanol–water partition coefficient (Wildman–Crippen LogP) is 1.58. The van der Waals surface area contributed by atoms with E-state index in [1.807, 2.05) is 42.6 Å². The van der Waals surface area contributed by atoms with Gasteiger partial charge in [0, 0.05) is 51.5 Å². The molecule has 0 bridgehead atoms. The number of rotatable bonds is 7. The van der Waals surface area contributed by atoms with E-state index in [1.54, 1.807) is 7.05 Å². The molecule has 3 rings (SSSR count). The summed E-state index contributed by atoms with van der Waals surface area (Å²) >= 11 is 0. The van der Waals surface area contributed by atoms with Gasteiger partial charge in [-0.1, -0.05) is 24.3 Å². The lowest BCUT2D eigenvalue weighted by Crippen LogP contribution is -2.45. The highest BCUT2D eigenvalue weighted by Crippen LogP contribution is 2.18. The van der Waals surface area contributed by atoms with Gasteiger partial charge in [-0.05, 0) is 25.2 Å². The van der Waals surface area contributed by atoms with Crippen LogP contribution in [0.4, 0.5) is 5.82 Å². The minimum absolute atomic E-state index is 0.574. The average Bonchev–Trinajstić information content (AvgIpc) is 2.75. The molecule has 1 aromatic heterocycles. The van der Waals surface area contributed by atoms with Crippen molar-refractivity contribution in [2.24, 2.45) is 4.99 Å². The van der Waals surface area contributed by atoms with Crippen LogP contribution in [0.25, 0.3) is 0 Å². The van der Waals surface area contributed by atoms with E-state index in [-0.39, 0.29) is 0 Å². The quantitative estimate of drug-likeness (QED) is 0.431. The first kappa shape index (κ1) is 19.9. The summed E-state index contributed by atoms with van der Waals surface area (Å²) in [5.41, 5.74) is 1.18. The number of aromatic nitrogens is 1. The van der Waals surface area contributed by atoms with Crippen LogP contribution in [0.3, 0.4) is 0 Å². The monoisotopic (exact) mass is 382 g/mol. The molecule has 1 aromatic carbocycles. The topological polar surface area (TPSA) is 65.0 Å². The summed E-state index contributed by atoms with van der Waals surface area (Å²) in [6.45, 7) is 6.06. The molecule has 1 aliphatic heterocycles. The van der Waals surface area contributed by atoms with E-state index in [9.17, 15) is 0 Å². The first-order chi connectivity index (χ1) is 13.8. The van der Waals surface area contributed by atoms with Gasteiger partial charge in [-0.2, -0.15) is 0 Å². The molecule has 7 heteroatoms. The number of para-hydroxylation sites is 1. The fourth-order valence-electron chi connectivity index (χ4n) is 3.13. The van der Waals surface area contributed by atoms with Crippen molar-refractivity contribution in [2.45, 2.75) is 6.54 Å². The smallest absolute Gasteiger partial charge is 0.191 e. The lowest BCUT2D eigenvalue weighted by atomic mass is 10.2. The van der Waals surface area contributed by atoms with Gasteiger partial charge in [0.2, 0.25) is 0 Å². The molecule has 0 aliphatic carbocycles. The molecule has 7 nitrogen and oxygen atoms in total. The molecule has 28 heavy (non-hydrogen) atoms. The Morgan fingerprint density at radius 3 is 2.61 bits per heavy atom. The zero-order valence-electron chi connectivity index (χ0n) is 16.8. The fraction of sp³-hybridized carbons (Fsp3) is 0.429. The Kier molecular flexibility index (Phi) is 7.49. The van der Waals surface area contributed by atoms with Crippen molar-refractivity contribution in [1.82, 2.24) is 20.5 Å². The molecule has 0 spiro atoms. The van der Waals surface area contributed by atoms with E-state index >= 15 is 0 Å². The molecule has 150 valence electrons. The third-order valence-electron chi connectivity index (χ3n) is 4.75. The third-order valence-corrected chi connectivity index (χ3v) is 4.75. The van der Waals surface area contributed by atoms with E-state index in [0.29, 0.717) is 19.7 Å². The van der Waals surface area contributed by atoms with E-state index in [1.165, 1.54) is 5.56 Å². The highest BCUT2D eigenvalue weighted by Gasteiger charge is 2.17. The maximum Gasteiger partial charge on any atom is 0.191 e. The summed E-state index contributed by atoms with van der Waals surface area (Å²) in [6.07, 6.45) is 1.87. The van der Waals surface area contributed by atoms with Crippen LogP contribution in [-0.4, -0.2) is 69.3 Å². The zero-order chi connectivity index (χ0) is 19.6. The second-order valence-corrected chi connectivity index (χ2v) is 6.79. The Morgan fingerprint density at radius 2 is 1.86 bits per heavy atom. The number of piperazine rings is 1. The van der Waals surface area contributed by atoms with Gasteiger partial charge in [0.15, 0.2) is 5.96 Å². The van der Waals surface area contributed by atoms with Crippen LogP contribution in [0, 0.1) is 0 Å². The van der Waals surface area contributed by atoms with Gasteiger partial charge in [0.1, 0.15) is 18.2 Å². The maximum atomic E-state index is 5.70. The number of hydrogen-bond donors (Lipinski definition) is 2. The van der Waals surface area contributed by atoms with Gasteiger partial charge in [-0.25, -0.2) is 4.98 Å². The van der Waals surface area contributed by atoms with E-state index in [4.69, 9.17) is 4.74 Å². The number of likely N-dealkylation sites (N-methyl/N-ethyl adjacent to an activating group) is 1. The molecular weight excluding hydrogens is 352 g/mol. The van der Waals surface area contributed by atoms with E-state index < -0.39 is 0 Å². The first-order valence-corrected chi connectivity index (χ1v) is 9.76. The van der Waals surface area contributed by atoms with Gasteiger partial charge in [0.05, 0.1) is 6.54 Å². The van der Waals surface area contributed by atoms with Crippen LogP contribution in [0.5, 0.6) is 5.75 Å². The number of nitrogens with zero attached hydrogens (tertiary/aromatic N) is 4. The van der Waals surface area contributed by atoms with Crippen molar-refractivity contribution < 1.29 is 4.74 Å². The molecule has 0 amide bonds. The number of benzene rings is 1. The molecule has 0 radical (unpaired) electrons. The molecule has 2 aromatic rings. The summed E-state index contributed by atoms with van der Waals surface area (Å²) < 4.78 is 5.70. The van der Waals surface area contributed by atoms with Gasteiger partial charge in [-0.3, -0.25) is 4.99 Å². The molecular formula is C21H30N6O. The molecule has 1 fully saturated rings. The molecule has 0 unspecified atom stereocenters. The standard InChI is InChI=1S/C21H30N6O/c1-22-21(24-11-16-28-19-8-4-3-5-9-19)25-17-18-7-6-10-23-20(18)27-14-12-26(2)13-15-27/h3-10H,11-17H2,1-2H3,(H2,22,24,25). The second-order valence-electron chi connectivity index (χ2n) is 6.79. The Labute approximate surface area is 167 Å². The second kappa shape index (κ2) is 10.5. The van der Waals surface area contributed by atoms with E-state index in [2.05, 4.69) is 43.5 Å². The predicted molar refractivity (Wildman–Crippen MR) is 114 cm³/mol. The minimum atomic E-state index is 0.574. The van der Waals surface area contributed by atoms with E-state index in [0.717, 1.165) is 43.7 Å². The zero-order valence-corrected chi connectivity index (χ0v) is 16.8. The average molecular weight is 383 g/mol. The van der Waals surface area contributed by atoms with Crippen molar-refractivity contribution in [2.75, 3.05) is 58.3 Å². The van der Waals surface area contributed by atoms with Crippen LogP contribution in [0.1, 0.15) is 5.56 Å². The normalized spacial score (nSPS) is 15.4. The van der Waals surface area contributed by atoms with Crippen LogP contribution < -0.4 is 20.3 Å². The summed E-state index contributed by atoms with van der Waals surface area (Å²) in [5.74, 6) is 2.69. The third kappa shape index (κ3) is 5.85. The summed E-state index contributed by atoms with van der Waals surface area (Å²) in [7, 11) is 3.94. The molecule has 0 atom stereocenters. The molecule has 2 heterocycles. The van der Waals surface area contributed by atoms with Crippen LogP contribution in [0.15, 0.2) is 53.7 Å².